The quantitative estimate of drug-likeness (QED) is 0.137. The van der Waals surface area contributed by atoms with Crippen molar-refractivity contribution in [1.82, 2.24) is 15.1 Å². The van der Waals surface area contributed by atoms with E-state index in [2.05, 4.69) is 85.5 Å². The number of halogens is 4. The number of nitrogens with zero attached hydrogens (tertiary/aromatic N) is 4. The lowest BCUT2D eigenvalue weighted by Gasteiger charge is -2.09. The van der Waals surface area contributed by atoms with Crippen LogP contribution in [-0.4, -0.2) is 69.0 Å². The van der Waals surface area contributed by atoms with Gasteiger partial charge < -0.3 is 21.3 Å². The van der Waals surface area contributed by atoms with Crippen LogP contribution in [0.3, 0.4) is 0 Å². The van der Waals surface area contributed by atoms with Gasteiger partial charge in [-0.3, -0.25) is 15.3 Å². The van der Waals surface area contributed by atoms with Crippen LogP contribution in [0.5, 0.6) is 0 Å². The molecule has 0 amide bonds. The van der Waals surface area contributed by atoms with Gasteiger partial charge in [-0.1, -0.05) is 0 Å². The Balaban J connectivity index is -0.000000701. The summed E-state index contributed by atoms with van der Waals surface area (Å²) in [6, 6.07) is 2.88. The maximum Gasteiger partial charge on any atom is 0.195 e. The molecular formula is C23H31Cl4N7. The number of hydrogen-bond donors (Lipinski definition) is 3. The van der Waals surface area contributed by atoms with E-state index in [0.717, 1.165) is 19.4 Å². The Kier molecular flexibility index (Phi) is 36.5. The molecule has 0 saturated heterocycles. The zero-order chi connectivity index (χ0) is 22.5. The fourth-order valence-electron chi connectivity index (χ4n) is 1.74. The predicted molar refractivity (Wildman–Crippen MR) is 153 cm³/mol. The van der Waals surface area contributed by atoms with Crippen LogP contribution in [0.1, 0.15) is 12.8 Å². The summed E-state index contributed by atoms with van der Waals surface area (Å²) in [4.78, 5) is 12.3. The third kappa shape index (κ3) is 31.2. The second kappa shape index (κ2) is 30.0. The summed E-state index contributed by atoms with van der Waals surface area (Å²) in [6.45, 7) is 2.84. The molecule has 0 spiro atoms. The number of aliphatic imine (C=N–C) groups is 2. The van der Waals surface area contributed by atoms with Gasteiger partial charge in [0.05, 0.1) is 0 Å². The van der Waals surface area contributed by atoms with Crippen molar-refractivity contribution >= 4 is 61.5 Å². The van der Waals surface area contributed by atoms with Crippen molar-refractivity contribution in [2.75, 3.05) is 47.3 Å². The number of nitrogens with two attached hydrogens (primary N) is 2. The van der Waals surface area contributed by atoms with E-state index in [9.17, 15) is 0 Å². The van der Waals surface area contributed by atoms with Gasteiger partial charge in [-0.15, -0.1) is 56.1 Å². The van der Waals surface area contributed by atoms with Crippen LogP contribution in [-0.2, 0) is 0 Å². The van der Waals surface area contributed by atoms with E-state index in [1.165, 1.54) is 0 Å². The lowest BCUT2D eigenvalue weighted by molar-refractivity contribution is 0.403. The van der Waals surface area contributed by atoms with Crippen molar-refractivity contribution in [3.63, 3.8) is 0 Å². The Bertz CT molecular complexity index is 958. The molecule has 0 atom stereocenters. The fourth-order valence-corrected chi connectivity index (χ4v) is 1.74. The van der Waals surface area contributed by atoms with Gasteiger partial charge in [0, 0.05) is 62.3 Å². The molecule has 7 nitrogen and oxygen atoms in total. The van der Waals surface area contributed by atoms with Crippen LogP contribution in [0, 0.1) is 71.7 Å². The summed E-state index contributed by atoms with van der Waals surface area (Å²) in [5.74, 6) is 25.4. The number of hydrogen-bond acceptors (Lipinski definition) is 4. The second-order valence-electron chi connectivity index (χ2n) is 5.97. The minimum atomic E-state index is 0. The van der Waals surface area contributed by atoms with E-state index in [1.807, 2.05) is 26.0 Å². The highest BCUT2D eigenvalue weighted by atomic mass is 35.5. The van der Waals surface area contributed by atoms with E-state index in [1.54, 1.807) is 0 Å². The van der Waals surface area contributed by atoms with Gasteiger partial charge in [-0.2, -0.15) is 0 Å². The van der Waals surface area contributed by atoms with Gasteiger partial charge in [0.25, 0.3) is 0 Å². The third-order valence-electron chi connectivity index (χ3n) is 3.05. The average Bonchev–Trinajstić information content (AvgIpc) is 2.70. The number of rotatable bonds is 8. The smallest absolute Gasteiger partial charge is 0.195 e. The average molecular weight is 547 g/mol. The molecule has 11 heteroatoms. The number of terminal acetylenes is 1. The van der Waals surface area contributed by atoms with E-state index >= 15 is 0 Å². The molecule has 0 aliphatic heterocycles. The normalized spacial score (nSPS) is 8.44. The topological polar surface area (TPSA) is 95.3 Å². The molecular weight excluding hydrogens is 516 g/mol. The highest BCUT2D eigenvalue weighted by molar-refractivity contribution is 5.97. The monoisotopic (exact) mass is 545 g/mol. The number of nitrogens with one attached hydrogen (secondary N) is 1. The Morgan fingerprint density at radius 3 is 1.56 bits per heavy atom. The van der Waals surface area contributed by atoms with Crippen LogP contribution in [0.2, 0.25) is 0 Å². The van der Waals surface area contributed by atoms with Gasteiger partial charge in [0.2, 0.25) is 0 Å². The summed E-state index contributed by atoms with van der Waals surface area (Å²) in [7, 11) is 5.89. The first-order chi connectivity index (χ1) is 14.5. The molecule has 0 fully saturated rings. The van der Waals surface area contributed by atoms with E-state index in [0.29, 0.717) is 19.6 Å². The first-order valence-corrected chi connectivity index (χ1v) is 9.14. The van der Waals surface area contributed by atoms with Crippen molar-refractivity contribution in [1.29, 1.82) is 0 Å². The molecule has 0 bridgehead atoms. The summed E-state index contributed by atoms with van der Waals surface area (Å²) < 4.78 is 0. The Labute approximate surface area is 229 Å². The molecule has 5 N–H and O–H groups in total. The molecule has 0 unspecified atom stereocenters. The van der Waals surface area contributed by atoms with Gasteiger partial charge in [0.15, 0.2) is 11.9 Å². The first kappa shape index (κ1) is 41.3. The Morgan fingerprint density at radius 1 is 0.706 bits per heavy atom. The SMILES string of the molecule is C#CC#CC#CC#CC#CC#CN(C)CCCN=C(N)NC(N)=NCCCN(C)C.Cl.Cl.Cl.Cl. The van der Waals surface area contributed by atoms with Crippen molar-refractivity contribution in [2.45, 2.75) is 12.8 Å². The zero-order valence-electron chi connectivity index (χ0n) is 19.4. The van der Waals surface area contributed by atoms with Crippen LogP contribution in [0.15, 0.2) is 9.98 Å². The lowest BCUT2D eigenvalue weighted by atomic mass is 10.4. The highest BCUT2D eigenvalue weighted by Gasteiger charge is 1.96. The molecule has 34 heavy (non-hydrogen) atoms. The van der Waals surface area contributed by atoms with Gasteiger partial charge in [-0.25, -0.2) is 0 Å². The van der Waals surface area contributed by atoms with Gasteiger partial charge >= 0.3 is 0 Å². The van der Waals surface area contributed by atoms with E-state index in [4.69, 9.17) is 17.9 Å². The second-order valence-corrected chi connectivity index (χ2v) is 5.97. The van der Waals surface area contributed by atoms with Crippen LogP contribution >= 0.6 is 49.6 Å². The van der Waals surface area contributed by atoms with E-state index in [-0.39, 0.29) is 61.5 Å². The molecule has 0 rings (SSSR count). The minimum absolute atomic E-state index is 0. The predicted octanol–water partition coefficient (Wildman–Crippen LogP) is 0.774. The van der Waals surface area contributed by atoms with Crippen LogP contribution < -0.4 is 16.8 Å². The fraction of sp³-hybridized carbons (Fsp3) is 0.391. The molecule has 0 heterocycles. The highest BCUT2D eigenvalue weighted by Crippen LogP contribution is 1.87. The maximum absolute atomic E-state index is 5.79. The van der Waals surface area contributed by atoms with Crippen LogP contribution in [0.4, 0.5) is 0 Å². The van der Waals surface area contributed by atoms with Crippen molar-refractivity contribution < 1.29 is 0 Å². The van der Waals surface area contributed by atoms with E-state index < -0.39 is 0 Å². The largest absolute Gasteiger partial charge is 0.370 e. The summed E-state index contributed by atoms with van der Waals surface area (Å²) >= 11 is 0. The number of guanidine groups is 2. The van der Waals surface area contributed by atoms with Gasteiger partial charge in [-0.05, 0) is 63.1 Å². The standard InChI is InChI=1S/C23H27N7.4ClH/c1-5-6-7-8-9-10-11-12-13-14-20-30(4)21-16-18-27-23(25)28-22(24)26-17-15-19-29(2)3;;;;/h1H,15-19,21H2,2-4H3,(H5,24,25,26,27,28);4*1H. The Morgan fingerprint density at radius 2 is 1.12 bits per heavy atom. The molecule has 0 aromatic heterocycles. The molecule has 0 aliphatic carbocycles. The summed E-state index contributed by atoms with van der Waals surface area (Å²) in [6.07, 6.45) is 6.65. The molecule has 0 aromatic carbocycles. The summed E-state index contributed by atoms with van der Waals surface area (Å²) in [5, 5.41) is 2.77. The minimum Gasteiger partial charge on any atom is -0.370 e. The molecule has 0 aliphatic rings. The van der Waals surface area contributed by atoms with Gasteiger partial charge in [0.1, 0.15) is 0 Å². The van der Waals surface area contributed by atoms with Crippen molar-refractivity contribution in [3.05, 3.63) is 0 Å². The zero-order valence-corrected chi connectivity index (χ0v) is 22.7. The lowest BCUT2D eigenvalue weighted by Crippen LogP contribution is -2.41. The molecule has 0 aromatic rings. The molecule has 186 valence electrons. The first-order valence-electron chi connectivity index (χ1n) is 9.14. The maximum atomic E-state index is 5.79. The van der Waals surface area contributed by atoms with Crippen molar-refractivity contribution in [3.8, 4) is 71.7 Å². The molecule has 0 saturated carbocycles. The van der Waals surface area contributed by atoms with Crippen LogP contribution in [0.25, 0.3) is 0 Å². The third-order valence-corrected chi connectivity index (χ3v) is 3.05. The Hall–Kier alpha value is -2.98. The molecule has 0 radical (unpaired) electrons. The van der Waals surface area contributed by atoms with Crippen molar-refractivity contribution in [2.24, 2.45) is 21.5 Å². The summed E-state index contributed by atoms with van der Waals surface area (Å²) in [5.41, 5.74) is 11.6.